The van der Waals surface area contributed by atoms with Crippen LogP contribution in [0.1, 0.15) is 44.7 Å². The van der Waals surface area contributed by atoms with E-state index < -0.39 is 16.1 Å². The van der Waals surface area contributed by atoms with Gasteiger partial charge in [-0.25, -0.2) is 8.42 Å². The normalized spacial score (nSPS) is 12.3. The summed E-state index contributed by atoms with van der Waals surface area (Å²) in [6, 6.07) is 14.3. The molecule has 31 heavy (non-hydrogen) atoms. The lowest BCUT2D eigenvalue weighted by atomic mass is 10.1. The molecule has 0 unspecified atom stereocenters. The van der Waals surface area contributed by atoms with E-state index in [0.717, 1.165) is 48.8 Å². The van der Waals surface area contributed by atoms with Crippen LogP contribution < -0.4 is 14.4 Å². The first-order valence-corrected chi connectivity index (χ1v) is 12.7. The van der Waals surface area contributed by atoms with Gasteiger partial charge in [0.25, 0.3) is 0 Å². The summed E-state index contributed by atoms with van der Waals surface area (Å²) in [7, 11) is -3.61. The number of amides is 1. The number of nitrogens with zero attached hydrogens (tertiary/aromatic N) is 1. The number of sulfonamides is 1. The van der Waals surface area contributed by atoms with Gasteiger partial charge in [-0.3, -0.25) is 9.10 Å². The monoisotopic (exact) mass is 446 g/mol. The number of hydrogen-bond donors (Lipinski definition) is 1. The molecule has 0 spiro atoms. The van der Waals surface area contributed by atoms with Crippen molar-refractivity contribution < 1.29 is 17.9 Å². The number of carbonyl (C=O) groups is 1. The second-order valence-electron chi connectivity index (χ2n) is 7.61. The van der Waals surface area contributed by atoms with E-state index in [-0.39, 0.29) is 5.91 Å². The van der Waals surface area contributed by atoms with E-state index in [1.165, 1.54) is 4.31 Å². The van der Waals surface area contributed by atoms with Crippen molar-refractivity contribution in [1.29, 1.82) is 0 Å². The van der Waals surface area contributed by atoms with Crippen molar-refractivity contribution in [3.63, 3.8) is 0 Å². The molecule has 0 fully saturated rings. The average molecular weight is 447 g/mol. The maximum absolute atomic E-state index is 12.7. The van der Waals surface area contributed by atoms with Crippen molar-refractivity contribution >= 4 is 21.6 Å². The predicted octanol–water partition coefficient (Wildman–Crippen LogP) is 3.94. The fraction of sp³-hybridized carbons (Fsp3) is 0.458. The van der Waals surface area contributed by atoms with E-state index in [9.17, 15) is 13.2 Å². The minimum absolute atomic E-state index is 0.319. The number of aryl methyl sites for hydroxylation is 2. The van der Waals surface area contributed by atoms with Gasteiger partial charge < -0.3 is 10.1 Å². The molecule has 6 nitrogen and oxygen atoms in total. The Bertz CT molecular complexity index is 942. The first kappa shape index (κ1) is 24.7. The Morgan fingerprint density at radius 3 is 2.39 bits per heavy atom. The van der Waals surface area contributed by atoms with Crippen LogP contribution in [0.4, 0.5) is 5.69 Å². The molecule has 1 N–H and O–H groups in total. The van der Waals surface area contributed by atoms with Crippen LogP contribution in [0.15, 0.2) is 48.5 Å². The summed E-state index contributed by atoms with van der Waals surface area (Å²) < 4.78 is 31.8. The molecule has 1 amide bonds. The van der Waals surface area contributed by atoms with E-state index in [1.54, 1.807) is 19.1 Å². The van der Waals surface area contributed by atoms with Gasteiger partial charge in [0.2, 0.25) is 15.9 Å². The summed E-state index contributed by atoms with van der Waals surface area (Å²) in [4.78, 5) is 12.7. The molecule has 0 aromatic heterocycles. The molecule has 2 rings (SSSR count). The highest BCUT2D eigenvalue weighted by molar-refractivity contribution is 7.92. The Hall–Kier alpha value is -2.54. The SMILES string of the molecule is CCCOc1ccccc1CCCNC(=O)[C@@H](C)N(c1ccc(CC)cc1)S(C)(=O)=O. The van der Waals surface area contributed by atoms with Crippen LogP contribution >= 0.6 is 0 Å². The average Bonchev–Trinajstić information content (AvgIpc) is 2.75. The standard InChI is InChI=1S/C24H34N2O4S/c1-5-18-30-23-12-8-7-10-21(23)11-9-17-25-24(27)19(3)26(31(4,28)29)22-15-13-20(6-2)14-16-22/h7-8,10,12-16,19H,5-6,9,11,17-18H2,1-4H3,(H,25,27)/t19-/m1/s1. The second-order valence-corrected chi connectivity index (χ2v) is 9.46. The number of hydrogen-bond acceptors (Lipinski definition) is 4. The van der Waals surface area contributed by atoms with Gasteiger partial charge in [0.05, 0.1) is 18.6 Å². The molecule has 0 bridgehead atoms. The van der Waals surface area contributed by atoms with Crippen molar-refractivity contribution in [2.45, 2.75) is 52.5 Å². The Kier molecular flexibility index (Phi) is 9.37. The third-order valence-corrected chi connectivity index (χ3v) is 6.29. The van der Waals surface area contributed by atoms with Crippen LogP contribution in [0.25, 0.3) is 0 Å². The molecule has 0 aliphatic carbocycles. The van der Waals surface area contributed by atoms with Crippen molar-refractivity contribution in [3.05, 3.63) is 59.7 Å². The summed E-state index contributed by atoms with van der Waals surface area (Å²) in [6.45, 7) is 6.84. The molecule has 2 aromatic rings. The van der Waals surface area contributed by atoms with Gasteiger partial charge in [-0.05, 0) is 61.9 Å². The fourth-order valence-corrected chi connectivity index (χ4v) is 4.56. The van der Waals surface area contributed by atoms with E-state index >= 15 is 0 Å². The lowest BCUT2D eigenvalue weighted by Gasteiger charge is -2.28. The number of anilines is 1. The maximum atomic E-state index is 12.7. The summed E-state index contributed by atoms with van der Waals surface area (Å²) in [5.74, 6) is 0.559. The van der Waals surface area contributed by atoms with Crippen LogP contribution in [-0.4, -0.2) is 39.8 Å². The minimum Gasteiger partial charge on any atom is -0.493 e. The molecule has 170 valence electrons. The maximum Gasteiger partial charge on any atom is 0.243 e. The molecular weight excluding hydrogens is 412 g/mol. The van der Waals surface area contributed by atoms with E-state index in [2.05, 4.69) is 12.2 Å². The van der Waals surface area contributed by atoms with Crippen molar-refractivity contribution in [1.82, 2.24) is 5.32 Å². The quantitative estimate of drug-likeness (QED) is 0.501. The lowest BCUT2D eigenvalue weighted by molar-refractivity contribution is -0.121. The fourth-order valence-electron chi connectivity index (χ4n) is 3.39. The van der Waals surface area contributed by atoms with Crippen molar-refractivity contribution in [3.8, 4) is 5.75 Å². The van der Waals surface area contributed by atoms with Crippen molar-refractivity contribution in [2.75, 3.05) is 23.7 Å². The Morgan fingerprint density at radius 1 is 1.10 bits per heavy atom. The molecule has 0 radical (unpaired) electrons. The van der Waals surface area contributed by atoms with Gasteiger partial charge in [-0.2, -0.15) is 0 Å². The van der Waals surface area contributed by atoms with E-state index in [4.69, 9.17) is 4.74 Å². The van der Waals surface area contributed by atoms with Gasteiger partial charge in [0.15, 0.2) is 0 Å². The molecular formula is C24H34N2O4S. The smallest absolute Gasteiger partial charge is 0.243 e. The van der Waals surface area contributed by atoms with Gasteiger partial charge in [0, 0.05) is 6.54 Å². The first-order chi connectivity index (χ1) is 14.8. The van der Waals surface area contributed by atoms with Crippen LogP contribution in [0.5, 0.6) is 5.75 Å². The van der Waals surface area contributed by atoms with Crippen LogP contribution in [0.2, 0.25) is 0 Å². The molecule has 2 aromatic carbocycles. The molecule has 0 aliphatic heterocycles. The minimum atomic E-state index is -3.61. The number of ether oxygens (including phenoxy) is 1. The number of nitrogens with one attached hydrogen (secondary N) is 1. The lowest BCUT2D eigenvalue weighted by Crippen LogP contribution is -2.48. The molecule has 7 heteroatoms. The molecule has 1 atom stereocenters. The summed E-state index contributed by atoms with van der Waals surface area (Å²) in [5, 5.41) is 2.87. The number of carbonyl (C=O) groups excluding carboxylic acids is 1. The Balaban J connectivity index is 1.97. The summed E-state index contributed by atoms with van der Waals surface area (Å²) >= 11 is 0. The third kappa shape index (κ3) is 7.28. The van der Waals surface area contributed by atoms with Crippen LogP contribution in [-0.2, 0) is 27.7 Å². The number of rotatable bonds is 12. The highest BCUT2D eigenvalue weighted by Crippen LogP contribution is 2.22. The van der Waals surface area contributed by atoms with Crippen LogP contribution in [0.3, 0.4) is 0 Å². The van der Waals surface area contributed by atoms with E-state index in [1.807, 2.05) is 43.3 Å². The molecule has 0 heterocycles. The Labute approximate surface area is 186 Å². The number of para-hydroxylation sites is 1. The van der Waals surface area contributed by atoms with Gasteiger partial charge in [-0.15, -0.1) is 0 Å². The number of benzene rings is 2. The highest BCUT2D eigenvalue weighted by atomic mass is 32.2. The molecule has 0 aliphatic rings. The summed E-state index contributed by atoms with van der Waals surface area (Å²) in [6.07, 6.45) is 4.43. The largest absolute Gasteiger partial charge is 0.493 e. The summed E-state index contributed by atoms with van der Waals surface area (Å²) in [5.41, 5.74) is 2.70. The predicted molar refractivity (Wildman–Crippen MR) is 126 cm³/mol. The van der Waals surface area contributed by atoms with Crippen LogP contribution in [0, 0.1) is 0 Å². The topological polar surface area (TPSA) is 75.7 Å². The van der Waals surface area contributed by atoms with E-state index in [0.29, 0.717) is 18.8 Å². The van der Waals surface area contributed by atoms with Gasteiger partial charge in [0.1, 0.15) is 11.8 Å². The highest BCUT2D eigenvalue weighted by Gasteiger charge is 2.28. The molecule has 0 saturated carbocycles. The second kappa shape index (κ2) is 11.7. The first-order valence-electron chi connectivity index (χ1n) is 10.8. The molecule has 0 saturated heterocycles. The van der Waals surface area contributed by atoms with Gasteiger partial charge >= 0.3 is 0 Å². The zero-order chi connectivity index (χ0) is 22.9. The Morgan fingerprint density at radius 2 is 1.77 bits per heavy atom. The van der Waals surface area contributed by atoms with Crippen molar-refractivity contribution in [2.24, 2.45) is 0 Å². The zero-order valence-corrected chi connectivity index (χ0v) is 19.7. The van der Waals surface area contributed by atoms with Gasteiger partial charge in [-0.1, -0.05) is 44.2 Å². The zero-order valence-electron chi connectivity index (χ0n) is 18.9. The third-order valence-electron chi connectivity index (χ3n) is 5.04.